The van der Waals surface area contributed by atoms with Crippen LogP contribution in [0.2, 0.25) is 0 Å². The first kappa shape index (κ1) is 12.9. The molecule has 1 N–H and O–H groups in total. The Kier molecular flexibility index (Phi) is 3.57. The van der Waals surface area contributed by atoms with Crippen molar-refractivity contribution >= 4 is 34.1 Å². The molecule has 1 amide bonds. The van der Waals surface area contributed by atoms with Gasteiger partial charge in [0.15, 0.2) is 0 Å². The van der Waals surface area contributed by atoms with Crippen molar-refractivity contribution in [1.82, 2.24) is 9.78 Å². The smallest absolute Gasteiger partial charge is 0.242 e. The molecule has 0 aliphatic carbocycles. The van der Waals surface area contributed by atoms with Crippen molar-refractivity contribution < 1.29 is 4.79 Å². The fourth-order valence-corrected chi connectivity index (χ4v) is 1.82. The van der Waals surface area contributed by atoms with E-state index in [4.69, 9.17) is 11.6 Å². The highest BCUT2D eigenvalue weighted by atomic mass is 35.5. The van der Waals surface area contributed by atoms with Crippen LogP contribution in [0.1, 0.15) is 26.8 Å². The van der Waals surface area contributed by atoms with Crippen LogP contribution < -0.4 is 5.32 Å². The molecule has 18 heavy (non-hydrogen) atoms. The van der Waals surface area contributed by atoms with E-state index in [1.165, 1.54) is 0 Å². The van der Waals surface area contributed by atoms with Crippen LogP contribution >= 0.6 is 11.6 Å². The molecule has 0 bridgehead atoms. The molecule has 0 aliphatic heterocycles. The van der Waals surface area contributed by atoms with E-state index < -0.39 is 5.38 Å². The molecule has 2 aromatic rings. The Morgan fingerprint density at radius 1 is 1.39 bits per heavy atom. The van der Waals surface area contributed by atoms with Crippen molar-refractivity contribution in [1.29, 1.82) is 0 Å². The predicted octanol–water partition coefficient (Wildman–Crippen LogP) is 3.18. The van der Waals surface area contributed by atoms with Crippen molar-refractivity contribution in [2.45, 2.75) is 32.2 Å². The third-order valence-electron chi connectivity index (χ3n) is 2.72. The minimum atomic E-state index is -0.546. The molecule has 0 aliphatic rings. The largest absolute Gasteiger partial charge is 0.325 e. The molecule has 5 heteroatoms. The average Bonchev–Trinajstić information content (AvgIpc) is 2.71. The second kappa shape index (κ2) is 4.98. The summed E-state index contributed by atoms with van der Waals surface area (Å²) in [4.78, 5) is 11.5. The van der Waals surface area contributed by atoms with Crippen molar-refractivity contribution in [3.05, 3.63) is 24.4 Å². The van der Waals surface area contributed by atoms with Crippen LogP contribution in [0.15, 0.2) is 24.4 Å². The second-order valence-electron chi connectivity index (χ2n) is 4.56. The van der Waals surface area contributed by atoms with Gasteiger partial charge in [0.05, 0.1) is 11.7 Å². The number of aromatic nitrogens is 2. The van der Waals surface area contributed by atoms with Crippen molar-refractivity contribution in [3.63, 3.8) is 0 Å². The van der Waals surface area contributed by atoms with Crippen LogP contribution in [0.5, 0.6) is 0 Å². The van der Waals surface area contributed by atoms with Crippen molar-refractivity contribution in [2.75, 3.05) is 5.32 Å². The van der Waals surface area contributed by atoms with Crippen LogP contribution in [0.3, 0.4) is 0 Å². The van der Waals surface area contributed by atoms with E-state index in [2.05, 4.69) is 24.3 Å². The Hall–Kier alpha value is -1.55. The van der Waals surface area contributed by atoms with Crippen molar-refractivity contribution in [2.24, 2.45) is 0 Å². The lowest BCUT2D eigenvalue weighted by Gasteiger charge is -2.09. The van der Waals surface area contributed by atoms with E-state index in [0.717, 1.165) is 16.6 Å². The minimum Gasteiger partial charge on any atom is -0.325 e. The number of hydrogen-bond acceptors (Lipinski definition) is 2. The number of halogens is 1. The maximum absolute atomic E-state index is 11.5. The Morgan fingerprint density at radius 3 is 2.72 bits per heavy atom. The van der Waals surface area contributed by atoms with Gasteiger partial charge in [-0.25, -0.2) is 0 Å². The van der Waals surface area contributed by atoms with Gasteiger partial charge in [-0.2, -0.15) is 5.10 Å². The summed E-state index contributed by atoms with van der Waals surface area (Å²) in [5.41, 5.74) is 1.74. The lowest BCUT2D eigenvalue weighted by molar-refractivity contribution is -0.115. The van der Waals surface area contributed by atoms with E-state index in [1.54, 1.807) is 6.92 Å². The first-order valence-corrected chi connectivity index (χ1v) is 6.35. The Bertz CT molecular complexity index is 575. The number of fused-ring (bicyclic) bond motifs is 1. The molecule has 1 heterocycles. The Balaban J connectivity index is 2.36. The molecule has 1 atom stereocenters. The zero-order chi connectivity index (χ0) is 13.3. The molecule has 1 unspecified atom stereocenters. The van der Waals surface area contributed by atoms with E-state index in [1.807, 2.05) is 29.1 Å². The van der Waals surface area contributed by atoms with Gasteiger partial charge in [0, 0.05) is 17.1 Å². The zero-order valence-electron chi connectivity index (χ0n) is 10.6. The molecule has 4 nitrogen and oxygen atoms in total. The number of hydrogen-bond donors (Lipinski definition) is 1. The van der Waals surface area contributed by atoms with Gasteiger partial charge >= 0.3 is 0 Å². The summed E-state index contributed by atoms with van der Waals surface area (Å²) in [6.45, 7) is 5.78. The molecular formula is C13H16ClN3O. The standard InChI is InChI=1S/C13H16ClN3O/c1-8(2)17-12-6-11(16-13(18)9(3)14)5-4-10(12)7-15-17/h4-9H,1-3H3,(H,16,18). The molecule has 0 radical (unpaired) electrons. The molecular weight excluding hydrogens is 250 g/mol. The van der Waals surface area contributed by atoms with Crippen LogP contribution in [0.4, 0.5) is 5.69 Å². The molecule has 0 fully saturated rings. The lowest BCUT2D eigenvalue weighted by Crippen LogP contribution is -2.20. The quantitative estimate of drug-likeness (QED) is 0.867. The molecule has 0 saturated heterocycles. The summed E-state index contributed by atoms with van der Waals surface area (Å²) >= 11 is 5.73. The predicted molar refractivity (Wildman–Crippen MR) is 74.1 cm³/mol. The van der Waals surface area contributed by atoms with Crippen LogP contribution in [-0.2, 0) is 4.79 Å². The molecule has 2 rings (SSSR count). The van der Waals surface area contributed by atoms with Crippen LogP contribution in [-0.4, -0.2) is 21.1 Å². The number of carbonyl (C=O) groups excluding carboxylic acids is 1. The number of nitrogens with zero attached hydrogens (tertiary/aromatic N) is 2. The molecule has 0 saturated carbocycles. The number of carbonyl (C=O) groups is 1. The SMILES string of the molecule is CC(Cl)C(=O)Nc1ccc2cnn(C(C)C)c2c1. The molecule has 0 spiro atoms. The Morgan fingerprint density at radius 2 is 2.11 bits per heavy atom. The monoisotopic (exact) mass is 265 g/mol. The molecule has 96 valence electrons. The van der Waals surface area contributed by atoms with Gasteiger partial charge in [-0.1, -0.05) is 0 Å². The summed E-state index contributed by atoms with van der Waals surface area (Å²) in [7, 11) is 0. The number of alkyl halides is 1. The highest BCUT2D eigenvalue weighted by molar-refractivity contribution is 6.32. The summed E-state index contributed by atoms with van der Waals surface area (Å²) in [6, 6.07) is 5.99. The number of anilines is 1. The molecule has 1 aromatic heterocycles. The summed E-state index contributed by atoms with van der Waals surface area (Å²) < 4.78 is 1.93. The van der Waals surface area contributed by atoms with E-state index in [0.29, 0.717) is 0 Å². The van der Waals surface area contributed by atoms with E-state index >= 15 is 0 Å². The summed E-state index contributed by atoms with van der Waals surface area (Å²) in [5, 5.41) is 7.62. The second-order valence-corrected chi connectivity index (χ2v) is 5.22. The fraction of sp³-hybridized carbons (Fsp3) is 0.385. The van der Waals surface area contributed by atoms with Crippen LogP contribution in [0, 0.1) is 0 Å². The maximum Gasteiger partial charge on any atom is 0.242 e. The zero-order valence-corrected chi connectivity index (χ0v) is 11.4. The number of nitrogens with one attached hydrogen (secondary N) is 1. The fourth-order valence-electron chi connectivity index (χ4n) is 1.77. The highest BCUT2D eigenvalue weighted by Gasteiger charge is 2.11. The highest BCUT2D eigenvalue weighted by Crippen LogP contribution is 2.22. The normalized spacial score (nSPS) is 12.9. The van der Waals surface area contributed by atoms with Gasteiger partial charge in [0.1, 0.15) is 5.38 Å². The van der Waals surface area contributed by atoms with Gasteiger partial charge in [-0.3, -0.25) is 9.48 Å². The topological polar surface area (TPSA) is 46.9 Å². The first-order chi connectivity index (χ1) is 8.49. The first-order valence-electron chi connectivity index (χ1n) is 5.91. The number of amides is 1. The third kappa shape index (κ3) is 2.48. The van der Waals surface area contributed by atoms with Crippen LogP contribution in [0.25, 0.3) is 10.9 Å². The number of rotatable bonds is 3. The van der Waals surface area contributed by atoms with Gasteiger partial charge < -0.3 is 5.32 Å². The maximum atomic E-state index is 11.5. The minimum absolute atomic E-state index is 0.202. The number of benzene rings is 1. The average molecular weight is 266 g/mol. The van der Waals surface area contributed by atoms with Crippen molar-refractivity contribution in [3.8, 4) is 0 Å². The summed E-state index contributed by atoms with van der Waals surface area (Å²) in [5.74, 6) is -0.202. The van der Waals surface area contributed by atoms with E-state index in [9.17, 15) is 4.79 Å². The molecule has 1 aromatic carbocycles. The van der Waals surface area contributed by atoms with Gasteiger partial charge in [-0.05, 0) is 39.0 Å². The lowest BCUT2D eigenvalue weighted by atomic mass is 10.2. The van der Waals surface area contributed by atoms with Gasteiger partial charge in [0.25, 0.3) is 0 Å². The van der Waals surface area contributed by atoms with E-state index in [-0.39, 0.29) is 11.9 Å². The van der Waals surface area contributed by atoms with Gasteiger partial charge in [-0.15, -0.1) is 11.6 Å². The van der Waals surface area contributed by atoms with Gasteiger partial charge in [0.2, 0.25) is 5.91 Å². The third-order valence-corrected chi connectivity index (χ3v) is 2.91. The Labute approximate surface area is 111 Å². The summed E-state index contributed by atoms with van der Waals surface area (Å²) in [6.07, 6.45) is 1.82.